The third-order valence-corrected chi connectivity index (χ3v) is 12.6. The smallest absolute Gasteiger partial charge is 0.407 e. The molecule has 0 spiro atoms. The van der Waals surface area contributed by atoms with Crippen LogP contribution in [0, 0.1) is 17.8 Å². The van der Waals surface area contributed by atoms with Crippen LogP contribution < -0.4 is 10.4 Å². The van der Waals surface area contributed by atoms with Crippen LogP contribution in [0.1, 0.15) is 27.2 Å². The first-order valence-electron chi connectivity index (χ1n) is 10.8. The van der Waals surface area contributed by atoms with E-state index in [1.54, 1.807) is 0 Å². The van der Waals surface area contributed by atoms with Crippen molar-refractivity contribution >= 4 is 28.8 Å². The van der Waals surface area contributed by atoms with Gasteiger partial charge in [-0.2, -0.15) is 21.6 Å². The van der Waals surface area contributed by atoms with Gasteiger partial charge >= 0.3 is 15.6 Å². The Morgan fingerprint density at radius 2 is 1.45 bits per heavy atom. The molecule has 1 fully saturated rings. The first-order chi connectivity index (χ1) is 15.4. The van der Waals surface area contributed by atoms with E-state index >= 15 is 0 Å². The number of fused-ring (bicyclic) bond motifs is 1. The molecule has 0 radical (unpaired) electrons. The number of hydrogen-bond acceptors (Lipinski definition) is 4. The van der Waals surface area contributed by atoms with E-state index in [0.29, 0.717) is 13.0 Å². The van der Waals surface area contributed by atoms with Crippen LogP contribution in [0.2, 0.25) is 5.04 Å². The van der Waals surface area contributed by atoms with Crippen molar-refractivity contribution in [3.05, 3.63) is 72.5 Å². The minimum Gasteiger partial charge on any atom is -0.407 e. The van der Waals surface area contributed by atoms with Gasteiger partial charge in [-0.05, 0) is 39.7 Å². The van der Waals surface area contributed by atoms with Gasteiger partial charge in [0.25, 0.3) is 8.32 Å². The van der Waals surface area contributed by atoms with E-state index in [1.807, 2.05) is 36.4 Å². The summed E-state index contributed by atoms with van der Waals surface area (Å²) in [5.74, 6) is -0.495. The number of halogens is 3. The van der Waals surface area contributed by atoms with Crippen molar-refractivity contribution in [2.45, 2.75) is 37.7 Å². The summed E-state index contributed by atoms with van der Waals surface area (Å²) in [6, 6.07) is 20.1. The first-order valence-corrected chi connectivity index (χ1v) is 14.2. The summed E-state index contributed by atoms with van der Waals surface area (Å²) in [5.41, 5.74) is -5.44. The van der Waals surface area contributed by atoms with Crippen molar-refractivity contribution in [3.8, 4) is 0 Å². The Hall–Kier alpha value is -2.10. The average molecular weight is 497 g/mol. The van der Waals surface area contributed by atoms with Crippen molar-refractivity contribution in [1.29, 1.82) is 0 Å². The molecule has 4 nitrogen and oxygen atoms in total. The van der Waals surface area contributed by atoms with Crippen LogP contribution in [0.5, 0.6) is 0 Å². The van der Waals surface area contributed by atoms with Crippen LogP contribution in [-0.4, -0.2) is 28.9 Å². The molecule has 0 bridgehead atoms. The number of rotatable bonds is 7. The number of allylic oxidation sites excluding steroid dienone is 2. The fourth-order valence-corrected chi connectivity index (χ4v) is 10.2. The Labute approximate surface area is 193 Å². The number of hydrogen-bond donors (Lipinski definition) is 0. The molecule has 0 aromatic heterocycles. The molecular formula is C24H27F3O4SSi. The molecule has 4 rings (SSSR count). The van der Waals surface area contributed by atoms with Gasteiger partial charge in [0.05, 0.1) is 0 Å². The Balaban J connectivity index is 1.60. The lowest BCUT2D eigenvalue weighted by atomic mass is 10.2. The highest BCUT2D eigenvalue weighted by atomic mass is 32.2. The molecule has 2 aliphatic carbocycles. The predicted molar refractivity (Wildman–Crippen MR) is 123 cm³/mol. The van der Waals surface area contributed by atoms with E-state index in [9.17, 15) is 21.6 Å². The fourth-order valence-electron chi connectivity index (χ4n) is 5.05. The molecule has 2 aromatic rings. The maximum absolute atomic E-state index is 12.8. The average Bonchev–Trinajstić information content (AvgIpc) is 3.28. The molecule has 0 N–H and O–H groups in total. The summed E-state index contributed by atoms with van der Waals surface area (Å²) in [5, 5.41) is 2.00. The van der Waals surface area contributed by atoms with Crippen molar-refractivity contribution in [2.24, 2.45) is 17.8 Å². The van der Waals surface area contributed by atoms with Crippen LogP contribution in [0.25, 0.3) is 0 Å². The summed E-state index contributed by atoms with van der Waals surface area (Å²) in [4.78, 5) is 0. The third-order valence-electron chi connectivity index (χ3n) is 6.65. The maximum Gasteiger partial charge on any atom is 0.534 e. The van der Waals surface area contributed by atoms with Gasteiger partial charge < -0.3 is 8.61 Å². The molecule has 178 valence electrons. The number of alkyl halides is 3. The molecule has 0 amide bonds. The van der Waals surface area contributed by atoms with Crippen molar-refractivity contribution < 1.29 is 30.2 Å². The van der Waals surface area contributed by atoms with E-state index in [-0.39, 0.29) is 28.6 Å². The summed E-state index contributed by atoms with van der Waals surface area (Å²) in [6.45, 7) is 6.78. The third kappa shape index (κ3) is 4.26. The Kier molecular flexibility index (Phi) is 6.03. The topological polar surface area (TPSA) is 52.6 Å². The highest BCUT2D eigenvalue weighted by Gasteiger charge is 2.60. The lowest BCUT2D eigenvalue weighted by molar-refractivity contribution is -0.0524. The lowest BCUT2D eigenvalue weighted by Crippen LogP contribution is -2.66. The molecular weight excluding hydrogens is 469 g/mol. The number of benzene rings is 2. The van der Waals surface area contributed by atoms with Gasteiger partial charge in [0, 0.05) is 12.5 Å². The van der Waals surface area contributed by atoms with Gasteiger partial charge in [-0.25, -0.2) is 0 Å². The zero-order chi connectivity index (χ0) is 24.1. The van der Waals surface area contributed by atoms with Crippen molar-refractivity contribution in [3.63, 3.8) is 0 Å². The summed E-state index contributed by atoms with van der Waals surface area (Å²) in [6.07, 6.45) is 1.94. The second-order valence-electron chi connectivity index (χ2n) is 9.65. The van der Waals surface area contributed by atoms with Gasteiger partial charge in [-0.1, -0.05) is 81.4 Å². The minimum atomic E-state index is -5.66. The molecule has 0 heterocycles. The second-order valence-corrected chi connectivity index (χ2v) is 15.5. The highest BCUT2D eigenvalue weighted by Crippen LogP contribution is 2.59. The van der Waals surface area contributed by atoms with Crippen molar-refractivity contribution in [2.75, 3.05) is 6.61 Å². The molecule has 2 aromatic carbocycles. The van der Waals surface area contributed by atoms with Gasteiger partial charge in [-0.3, -0.25) is 0 Å². The van der Waals surface area contributed by atoms with E-state index in [4.69, 9.17) is 4.43 Å². The summed E-state index contributed by atoms with van der Waals surface area (Å²) < 4.78 is 72.6. The predicted octanol–water partition coefficient (Wildman–Crippen LogP) is 4.58. The first kappa shape index (κ1) is 24.0. The van der Waals surface area contributed by atoms with E-state index in [2.05, 4.69) is 49.2 Å². The second kappa shape index (κ2) is 8.28. The minimum absolute atomic E-state index is 0.0432. The van der Waals surface area contributed by atoms with Crippen LogP contribution in [0.4, 0.5) is 13.2 Å². The molecule has 9 heteroatoms. The van der Waals surface area contributed by atoms with Crippen LogP contribution in [0.3, 0.4) is 0 Å². The van der Waals surface area contributed by atoms with Crippen LogP contribution in [0.15, 0.2) is 72.5 Å². The normalized spacial score (nSPS) is 23.1. The monoisotopic (exact) mass is 496 g/mol. The van der Waals surface area contributed by atoms with Gasteiger partial charge in [0.1, 0.15) is 5.76 Å². The molecule has 3 atom stereocenters. The molecule has 0 unspecified atom stereocenters. The van der Waals surface area contributed by atoms with Crippen LogP contribution in [-0.2, 0) is 18.7 Å². The highest BCUT2D eigenvalue weighted by molar-refractivity contribution is 7.87. The Morgan fingerprint density at radius 3 is 1.91 bits per heavy atom. The van der Waals surface area contributed by atoms with Gasteiger partial charge in [-0.15, -0.1) is 0 Å². The Morgan fingerprint density at radius 1 is 0.939 bits per heavy atom. The van der Waals surface area contributed by atoms with E-state index < -0.39 is 23.9 Å². The molecule has 33 heavy (non-hydrogen) atoms. The standard InChI is InChI=1S/C24H27F3O4SSi/c1-23(2,3)33(17-10-6-4-7-11-17,18-12-8-5-9-13-18)30-16-20-19-14-15-21(22(19)20)31-32(28,29)24(25,26)27/h4-13,15,19-20,22H,14,16H2,1-3H3/t19-,20-,22-/m1/s1. The van der Waals surface area contributed by atoms with E-state index in [1.165, 1.54) is 6.08 Å². The molecule has 0 saturated heterocycles. The van der Waals surface area contributed by atoms with Crippen molar-refractivity contribution in [1.82, 2.24) is 0 Å². The summed E-state index contributed by atoms with van der Waals surface area (Å²) in [7, 11) is -8.44. The SMILES string of the molecule is CC(C)(C)[Si](OC[C@@H]1[C@H]2CC=C(OS(=O)(=O)C(F)(F)F)[C@H]21)(c1ccccc1)c1ccccc1. The molecule has 1 saturated carbocycles. The largest absolute Gasteiger partial charge is 0.534 e. The maximum atomic E-state index is 12.8. The lowest BCUT2D eigenvalue weighted by Gasteiger charge is -2.43. The molecule has 0 aliphatic heterocycles. The fraction of sp³-hybridized carbons (Fsp3) is 0.417. The molecule has 2 aliphatic rings. The summed E-state index contributed by atoms with van der Waals surface area (Å²) >= 11 is 0. The van der Waals surface area contributed by atoms with Gasteiger partial charge in [0.15, 0.2) is 0 Å². The van der Waals surface area contributed by atoms with Gasteiger partial charge in [0.2, 0.25) is 0 Å². The zero-order valence-corrected chi connectivity index (χ0v) is 20.5. The zero-order valence-electron chi connectivity index (χ0n) is 18.7. The van der Waals surface area contributed by atoms with E-state index in [0.717, 1.165) is 10.4 Å². The van der Waals surface area contributed by atoms with Crippen LogP contribution >= 0.6 is 0 Å². The quantitative estimate of drug-likeness (QED) is 0.320. The Bertz CT molecular complexity index is 1090.